The molecule has 1 aliphatic heterocycles. The number of aliphatic hydroxyl groups excluding tert-OH is 1. The van der Waals surface area contributed by atoms with Gasteiger partial charge < -0.3 is 9.84 Å². The highest BCUT2D eigenvalue weighted by Gasteiger charge is 2.39. The molecule has 0 aromatic carbocycles. The lowest BCUT2D eigenvalue weighted by atomic mass is 9.85. The van der Waals surface area contributed by atoms with Crippen molar-refractivity contribution in [1.82, 2.24) is 0 Å². The van der Waals surface area contributed by atoms with Crippen LogP contribution in [0.5, 0.6) is 0 Å². The van der Waals surface area contributed by atoms with Crippen molar-refractivity contribution in [2.45, 2.75) is 39.1 Å². The first-order valence-electron chi connectivity index (χ1n) is 4.54. The van der Waals surface area contributed by atoms with E-state index in [1.807, 2.05) is 6.92 Å². The number of hydrogen-bond donors (Lipinski definition) is 1. The third-order valence-corrected chi connectivity index (χ3v) is 2.95. The fraction of sp³-hybridized carbons (Fsp3) is 0.800. The molecular formula is C10H18O2. The van der Waals surface area contributed by atoms with Gasteiger partial charge in [-0.05, 0) is 19.8 Å². The summed E-state index contributed by atoms with van der Waals surface area (Å²) in [6.45, 7) is 9.77. The lowest BCUT2D eigenvalue weighted by Crippen LogP contribution is -2.29. The average Bonchev–Trinajstić information content (AvgIpc) is 2.26. The Morgan fingerprint density at radius 3 is 2.25 bits per heavy atom. The zero-order chi connectivity index (χ0) is 9.30. The summed E-state index contributed by atoms with van der Waals surface area (Å²) in [5, 5.41) is 9.62. The van der Waals surface area contributed by atoms with Gasteiger partial charge in [0.2, 0.25) is 0 Å². The second kappa shape index (κ2) is 3.58. The van der Waals surface area contributed by atoms with Gasteiger partial charge in [-0.3, -0.25) is 0 Å². The average molecular weight is 170 g/mol. The minimum absolute atomic E-state index is 0.142. The summed E-state index contributed by atoms with van der Waals surface area (Å²) in [7, 11) is 0. The lowest BCUT2D eigenvalue weighted by molar-refractivity contribution is 0.0353. The Balaban J connectivity index is 2.68. The summed E-state index contributed by atoms with van der Waals surface area (Å²) in [6.07, 6.45) is 1.56. The second-order valence-electron chi connectivity index (χ2n) is 3.71. The molecule has 2 nitrogen and oxygen atoms in total. The van der Waals surface area contributed by atoms with Crippen LogP contribution in [-0.2, 0) is 4.74 Å². The number of ether oxygens (including phenoxy) is 1. The maximum atomic E-state index is 9.62. The van der Waals surface area contributed by atoms with Crippen LogP contribution < -0.4 is 0 Å². The van der Waals surface area contributed by atoms with E-state index in [0.29, 0.717) is 5.92 Å². The summed E-state index contributed by atoms with van der Waals surface area (Å²) in [5.41, 5.74) is 0. The van der Waals surface area contributed by atoms with Crippen LogP contribution in [0.4, 0.5) is 0 Å². The Morgan fingerprint density at radius 1 is 1.33 bits per heavy atom. The molecule has 70 valence electrons. The highest BCUT2D eigenvalue weighted by molar-refractivity contribution is 4.95. The van der Waals surface area contributed by atoms with E-state index in [9.17, 15) is 5.11 Å². The van der Waals surface area contributed by atoms with Crippen molar-refractivity contribution >= 4 is 0 Å². The Labute approximate surface area is 74.2 Å². The van der Waals surface area contributed by atoms with Crippen LogP contribution >= 0.6 is 0 Å². The van der Waals surface area contributed by atoms with Crippen molar-refractivity contribution in [3.8, 4) is 0 Å². The first-order valence-corrected chi connectivity index (χ1v) is 4.54. The smallest absolute Gasteiger partial charge is 0.0774 e. The monoisotopic (exact) mass is 170 g/mol. The fourth-order valence-electron chi connectivity index (χ4n) is 2.04. The van der Waals surface area contributed by atoms with Crippen molar-refractivity contribution in [1.29, 1.82) is 0 Å². The minimum Gasteiger partial charge on any atom is -0.389 e. The van der Waals surface area contributed by atoms with Crippen LogP contribution in [0.3, 0.4) is 0 Å². The molecule has 12 heavy (non-hydrogen) atoms. The summed E-state index contributed by atoms with van der Waals surface area (Å²) in [5.74, 6) is 0.616. The molecule has 0 amide bonds. The van der Waals surface area contributed by atoms with Crippen molar-refractivity contribution in [3.05, 3.63) is 12.7 Å². The third-order valence-electron chi connectivity index (χ3n) is 2.95. The molecule has 5 atom stereocenters. The van der Waals surface area contributed by atoms with Crippen LogP contribution in [0.15, 0.2) is 12.7 Å². The molecule has 0 aromatic heterocycles. The minimum atomic E-state index is -0.431. The summed E-state index contributed by atoms with van der Waals surface area (Å²) in [6, 6.07) is 0. The van der Waals surface area contributed by atoms with Gasteiger partial charge in [-0.2, -0.15) is 0 Å². The molecule has 1 heterocycles. The number of hydrogen-bond acceptors (Lipinski definition) is 2. The van der Waals surface area contributed by atoms with Gasteiger partial charge in [0.1, 0.15) is 0 Å². The normalized spacial score (nSPS) is 44.3. The number of aliphatic hydroxyl groups is 1. The Bertz CT molecular complexity index is 167. The highest BCUT2D eigenvalue weighted by Crippen LogP contribution is 2.34. The molecular weight excluding hydrogens is 152 g/mol. The predicted octanol–water partition coefficient (Wildman–Crippen LogP) is 1.59. The van der Waals surface area contributed by atoms with Gasteiger partial charge >= 0.3 is 0 Å². The second-order valence-corrected chi connectivity index (χ2v) is 3.71. The quantitative estimate of drug-likeness (QED) is 0.638. The van der Waals surface area contributed by atoms with E-state index in [1.165, 1.54) is 0 Å². The van der Waals surface area contributed by atoms with Crippen LogP contribution in [-0.4, -0.2) is 23.4 Å². The van der Waals surface area contributed by atoms with Gasteiger partial charge in [0, 0.05) is 5.92 Å². The van der Waals surface area contributed by atoms with Crippen molar-refractivity contribution in [2.24, 2.45) is 11.8 Å². The van der Waals surface area contributed by atoms with E-state index in [0.717, 1.165) is 0 Å². The van der Waals surface area contributed by atoms with Gasteiger partial charge in [-0.1, -0.05) is 13.0 Å². The molecule has 5 unspecified atom stereocenters. The molecule has 0 spiro atoms. The molecule has 1 rings (SSSR count). The third kappa shape index (κ3) is 1.54. The maximum Gasteiger partial charge on any atom is 0.0774 e. The van der Waals surface area contributed by atoms with E-state index >= 15 is 0 Å². The van der Waals surface area contributed by atoms with Crippen LogP contribution in [0.2, 0.25) is 0 Å². The lowest BCUT2D eigenvalue weighted by Gasteiger charge is -2.21. The van der Waals surface area contributed by atoms with Crippen molar-refractivity contribution in [2.75, 3.05) is 0 Å². The van der Waals surface area contributed by atoms with Gasteiger partial charge in [0.15, 0.2) is 0 Å². The summed E-state index contributed by atoms with van der Waals surface area (Å²) in [4.78, 5) is 0. The van der Waals surface area contributed by atoms with Crippen molar-refractivity contribution in [3.63, 3.8) is 0 Å². The van der Waals surface area contributed by atoms with Gasteiger partial charge in [-0.15, -0.1) is 6.58 Å². The van der Waals surface area contributed by atoms with E-state index in [-0.39, 0.29) is 18.1 Å². The van der Waals surface area contributed by atoms with Crippen molar-refractivity contribution < 1.29 is 9.84 Å². The fourth-order valence-corrected chi connectivity index (χ4v) is 2.04. The van der Waals surface area contributed by atoms with Gasteiger partial charge in [0.25, 0.3) is 0 Å². The van der Waals surface area contributed by atoms with E-state index in [4.69, 9.17) is 4.74 Å². The predicted molar refractivity (Wildman–Crippen MR) is 48.9 cm³/mol. The molecule has 1 saturated heterocycles. The maximum absolute atomic E-state index is 9.62. The van der Waals surface area contributed by atoms with E-state index in [2.05, 4.69) is 20.4 Å². The topological polar surface area (TPSA) is 29.5 Å². The Hall–Kier alpha value is -0.340. The van der Waals surface area contributed by atoms with Crippen LogP contribution in [0.25, 0.3) is 0 Å². The molecule has 1 fully saturated rings. The first kappa shape index (κ1) is 9.75. The van der Waals surface area contributed by atoms with E-state index < -0.39 is 6.10 Å². The molecule has 1 aliphatic rings. The number of rotatable bonds is 2. The first-order chi connectivity index (χ1) is 5.57. The molecule has 0 saturated carbocycles. The summed E-state index contributed by atoms with van der Waals surface area (Å²) < 4.78 is 5.60. The standard InChI is InChI=1S/C10H18O2/c1-5-9(11)10-6(2)7(3)12-8(10)4/h5-11H,1H2,2-4H3. The van der Waals surface area contributed by atoms with Gasteiger partial charge in [-0.25, -0.2) is 0 Å². The van der Waals surface area contributed by atoms with E-state index in [1.54, 1.807) is 6.08 Å². The van der Waals surface area contributed by atoms with Gasteiger partial charge in [0.05, 0.1) is 18.3 Å². The zero-order valence-electron chi connectivity index (χ0n) is 8.03. The van der Waals surface area contributed by atoms with Crippen LogP contribution in [0, 0.1) is 11.8 Å². The Kier molecular flexibility index (Phi) is 2.91. The highest BCUT2D eigenvalue weighted by atomic mass is 16.5. The molecule has 2 heteroatoms. The molecule has 1 N–H and O–H groups in total. The molecule has 0 radical (unpaired) electrons. The van der Waals surface area contributed by atoms with Crippen LogP contribution in [0.1, 0.15) is 20.8 Å². The summed E-state index contributed by atoms with van der Waals surface area (Å²) >= 11 is 0. The molecule has 0 aromatic rings. The molecule has 0 aliphatic carbocycles. The Morgan fingerprint density at radius 2 is 1.92 bits per heavy atom. The largest absolute Gasteiger partial charge is 0.389 e. The molecule has 0 bridgehead atoms. The SMILES string of the molecule is C=CC(O)C1C(C)OC(C)C1C. The zero-order valence-corrected chi connectivity index (χ0v) is 8.03.